The molecular formula is C24H31ClN4O3S. The van der Waals surface area contributed by atoms with Gasteiger partial charge in [-0.15, -0.1) is 0 Å². The van der Waals surface area contributed by atoms with Crippen molar-refractivity contribution in [3.8, 4) is 0 Å². The van der Waals surface area contributed by atoms with Crippen LogP contribution >= 0.6 is 11.6 Å². The summed E-state index contributed by atoms with van der Waals surface area (Å²) in [5, 5.41) is 3.48. The summed E-state index contributed by atoms with van der Waals surface area (Å²) in [6.45, 7) is 5.20. The first-order valence-corrected chi connectivity index (χ1v) is 13.2. The number of carbonyl (C=O) groups excluding carboxylic acids is 1. The molecule has 4 rings (SSSR count). The summed E-state index contributed by atoms with van der Waals surface area (Å²) >= 11 is 5.89. The standard InChI is InChI=1S/C24H31ClN4O3S/c1-27-13-15-28(16-14-27)22-8-4-19(5-9-22)17-26-24(30)20-3-2-12-29(18-20)33(31,32)23-10-6-21(25)7-11-23/h4-11,20H,2-3,12-18H2,1H3,(H,26,30)/t20-/m0/s1. The van der Waals surface area contributed by atoms with E-state index in [1.807, 2.05) is 12.1 Å². The Morgan fingerprint density at radius 1 is 1.00 bits per heavy atom. The molecule has 0 saturated carbocycles. The fourth-order valence-electron chi connectivity index (χ4n) is 4.35. The highest BCUT2D eigenvalue weighted by Crippen LogP contribution is 2.25. The molecule has 0 unspecified atom stereocenters. The second-order valence-corrected chi connectivity index (χ2v) is 11.2. The van der Waals surface area contributed by atoms with Gasteiger partial charge in [0, 0.05) is 56.5 Å². The zero-order valence-corrected chi connectivity index (χ0v) is 20.5. The third-order valence-corrected chi connectivity index (χ3v) is 8.61. The van der Waals surface area contributed by atoms with Crippen molar-refractivity contribution in [1.29, 1.82) is 0 Å². The SMILES string of the molecule is CN1CCN(c2ccc(CNC(=O)[C@H]3CCCN(S(=O)(=O)c4ccc(Cl)cc4)C3)cc2)CC1. The molecule has 178 valence electrons. The van der Waals surface area contributed by atoms with Gasteiger partial charge in [-0.1, -0.05) is 23.7 Å². The Balaban J connectivity index is 1.31. The molecule has 33 heavy (non-hydrogen) atoms. The number of amides is 1. The number of rotatable bonds is 6. The summed E-state index contributed by atoms with van der Waals surface area (Å²) in [7, 11) is -1.50. The van der Waals surface area contributed by atoms with Gasteiger partial charge < -0.3 is 15.1 Å². The van der Waals surface area contributed by atoms with Crippen LogP contribution in [0, 0.1) is 5.92 Å². The molecule has 0 aromatic heterocycles. The Hall–Kier alpha value is -2.13. The van der Waals surface area contributed by atoms with Crippen molar-refractivity contribution in [2.24, 2.45) is 5.92 Å². The molecule has 0 bridgehead atoms. The molecule has 7 nitrogen and oxygen atoms in total. The van der Waals surface area contributed by atoms with Crippen LogP contribution in [0.4, 0.5) is 5.69 Å². The number of piperidine rings is 1. The van der Waals surface area contributed by atoms with E-state index in [0.29, 0.717) is 31.0 Å². The zero-order chi connectivity index (χ0) is 23.4. The van der Waals surface area contributed by atoms with Crippen LogP contribution in [0.25, 0.3) is 0 Å². The van der Waals surface area contributed by atoms with Crippen molar-refractivity contribution >= 4 is 33.2 Å². The highest BCUT2D eigenvalue weighted by molar-refractivity contribution is 7.89. The van der Waals surface area contributed by atoms with Crippen molar-refractivity contribution < 1.29 is 13.2 Å². The van der Waals surface area contributed by atoms with Crippen LogP contribution in [0.2, 0.25) is 5.02 Å². The van der Waals surface area contributed by atoms with E-state index in [0.717, 1.165) is 31.7 Å². The number of nitrogens with zero attached hydrogens (tertiary/aromatic N) is 3. The normalized spacial score (nSPS) is 20.5. The number of piperazine rings is 1. The van der Waals surface area contributed by atoms with E-state index in [-0.39, 0.29) is 23.3 Å². The molecule has 2 aromatic rings. The number of sulfonamides is 1. The number of nitrogens with one attached hydrogen (secondary N) is 1. The smallest absolute Gasteiger partial charge is 0.243 e. The predicted octanol–water partition coefficient (Wildman–Crippen LogP) is 2.81. The molecule has 0 radical (unpaired) electrons. The van der Waals surface area contributed by atoms with Crippen LogP contribution < -0.4 is 10.2 Å². The molecule has 2 aromatic carbocycles. The summed E-state index contributed by atoms with van der Waals surface area (Å²) in [5.41, 5.74) is 2.23. The monoisotopic (exact) mass is 490 g/mol. The van der Waals surface area contributed by atoms with Crippen LogP contribution in [-0.4, -0.2) is 69.8 Å². The topological polar surface area (TPSA) is 73.0 Å². The Kier molecular flexibility index (Phi) is 7.58. The lowest BCUT2D eigenvalue weighted by molar-refractivity contribution is -0.126. The molecule has 2 saturated heterocycles. The second-order valence-electron chi connectivity index (χ2n) is 8.83. The van der Waals surface area contributed by atoms with Crippen molar-refractivity contribution in [1.82, 2.24) is 14.5 Å². The summed E-state index contributed by atoms with van der Waals surface area (Å²) in [4.78, 5) is 17.7. The average Bonchev–Trinajstić information content (AvgIpc) is 2.84. The van der Waals surface area contributed by atoms with E-state index in [2.05, 4.69) is 34.3 Å². The summed E-state index contributed by atoms with van der Waals surface area (Å²) < 4.78 is 27.4. The summed E-state index contributed by atoms with van der Waals surface area (Å²) in [5.74, 6) is -0.459. The Labute approximate surface area is 201 Å². The quantitative estimate of drug-likeness (QED) is 0.674. The van der Waals surface area contributed by atoms with Gasteiger partial charge in [-0.2, -0.15) is 4.31 Å². The molecular weight excluding hydrogens is 460 g/mol. The first-order chi connectivity index (χ1) is 15.8. The number of benzene rings is 2. The van der Waals surface area contributed by atoms with Gasteiger partial charge in [-0.3, -0.25) is 4.79 Å². The van der Waals surface area contributed by atoms with Crippen molar-refractivity contribution in [2.45, 2.75) is 24.3 Å². The Morgan fingerprint density at radius 2 is 1.67 bits per heavy atom. The number of likely N-dealkylation sites (N-methyl/N-ethyl adjacent to an activating group) is 1. The molecule has 2 aliphatic rings. The van der Waals surface area contributed by atoms with E-state index in [1.165, 1.54) is 22.1 Å². The maximum atomic E-state index is 13.0. The van der Waals surface area contributed by atoms with Gasteiger partial charge in [0.05, 0.1) is 10.8 Å². The maximum absolute atomic E-state index is 13.0. The van der Waals surface area contributed by atoms with E-state index in [4.69, 9.17) is 11.6 Å². The Bertz CT molecular complexity index is 1050. The lowest BCUT2D eigenvalue weighted by Gasteiger charge is -2.34. The molecule has 2 heterocycles. The lowest BCUT2D eigenvalue weighted by atomic mass is 9.98. The van der Waals surface area contributed by atoms with Gasteiger partial charge in [0.1, 0.15) is 0 Å². The largest absolute Gasteiger partial charge is 0.369 e. The number of hydrogen-bond donors (Lipinski definition) is 1. The van der Waals surface area contributed by atoms with Crippen molar-refractivity contribution in [3.05, 3.63) is 59.1 Å². The molecule has 1 atom stereocenters. The van der Waals surface area contributed by atoms with Gasteiger partial charge >= 0.3 is 0 Å². The zero-order valence-electron chi connectivity index (χ0n) is 18.9. The van der Waals surface area contributed by atoms with Gasteiger partial charge in [-0.25, -0.2) is 8.42 Å². The van der Waals surface area contributed by atoms with Gasteiger partial charge in [-0.05, 0) is 61.9 Å². The molecule has 0 spiro atoms. The first-order valence-electron chi connectivity index (χ1n) is 11.4. The molecule has 1 N–H and O–H groups in total. The van der Waals surface area contributed by atoms with Crippen LogP contribution in [0.15, 0.2) is 53.4 Å². The van der Waals surface area contributed by atoms with E-state index >= 15 is 0 Å². The molecule has 2 aliphatic heterocycles. The lowest BCUT2D eigenvalue weighted by Crippen LogP contribution is -2.45. The molecule has 0 aliphatic carbocycles. The number of anilines is 1. The van der Waals surface area contributed by atoms with Crippen LogP contribution in [0.1, 0.15) is 18.4 Å². The van der Waals surface area contributed by atoms with E-state index in [1.54, 1.807) is 12.1 Å². The fraction of sp³-hybridized carbons (Fsp3) is 0.458. The van der Waals surface area contributed by atoms with Crippen LogP contribution in [0.5, 0.6) is 0 Å². The van der Waals surface area contributed by atoms with Crippen molar-refractivity contribution in [2.75, 3.05) is 51.2 Å². The third kappa shape index (κ3) is 5.87. The summed E-state index contributed by atoms with van der Waals surface area (Å²) in [6.07, 6.45) is 1.34. The minimum absolute atomic E-state index is 0.103. The van der Waals surface area contributed by atoms with Crippen LogP contribution in [0.3, 0.4) is 0 Å². The third-order valence-electron chi connectivity index (χ3n) is 6.48. The molecule has 2 fully saturated rings. The summed E-state index contributed by atoms with van der Waals surface area (Å²) in [6, 6.07) is 14.5. The highest BCUT2D eigenvalue weighted by atomic mass is 35.5. The van der Waals surface area contributed by atoms with E-state index in [9.17, 15) is 13.2 Å². The first kappa shape index (κ1) is 24.0. The highest BCUT2D eigenvalue weighted by Gasteiger charge is 2.33. The predicted molar refractivity (Wildman–Crippen MR) is 131 cm³/mol. The fourth-order valence-corrected chi connectivity index (χ4v) is 6.00. The number of carbonyl (C=O) groups is 1. The molecule has 9 heteroatoms. The number of hydrogen-bond acceptors (Lipinski definition) is 5. The van der Waals surface area contributed by atoms with Gasteiger partial charge in [0.15, 0.2) is 0 Å². The minimum atomic E-state index is -3.64. The van der Waals surface area contributed by atoms with Crippen molar-refractivity contribution in [3.63, 3.8) is 0 Å². The van der Waals surface area contributed by atoms with Gasteiger partial charge in [0.2, 0.25) is 15.9 Å². The number of halogens is 1. The molecule has 1 amide bonds. The maximum Gasteiger partial charge on any atom is 0.243 e. The average molecular weight is 491 g/mol. The second kappa shape index (κ2) is 10.4. The Morgan fingerprint density at radius 3 is 2.33 bits per heavy atom. The van der Waals surface area contributed by atoms with Crippen LogP contribution in [-0.2, 0) is 21.4 Å². The minimum Gasteiger partial charge on any atom is -0.369 e. The van der Waals surface area contributed by atoms with E-state index < -0.39 is 10.0 Å². The van der Waals surface area contributed by atoms with Gasteiger partial charge in [0.25, 0.3) is 0 Å².